The standard InChI is InChI=1S/C23H25N5S/c1-15-12-24-13-19(15)20-5-6-21-23(27-20)29-22(26-21)11-18-10-17(7-8-25-18)14-28-9-3-4-16(28)2/h5-8,10,13,16H,3-4,9,11-12,14H2,1-2H3. The Morgan fingerprint density at radius 1 is 1.21 bits per heavy atom. The van der Waals surface area contributed by atoms with Gasteiger partial charge < -0.3 is 0 Å². The molecule has 6 heteroatoms. The first-order valence-corrected chi connectivity index (χ1v) is 11.1. The second-order valence-electron chi connectivity index (χ2n) is 8.09. The third-order valence-electron chi connectivity index (χ3n) is 5.87. The Bertz CT molecular complexity index is 1110. The maximum absolute atomic E-state index is 4.84. The van der Waals surface area contributed by atoms with E-state index >= 15 is 0 Å². The summed E-state index contributed by atoms with van der Waals surface area (Å²) in [5.41, 5.74) is 6.79. The van der Waals surface area contributed by atoms with Crippen LogP contribution in [-0.4, -0.2) is 45.2 Å². The zero-order valence-corrected chi connectivity index (χ0v) is 17.7. The summed E-state index contributed by atoms with van der Waals surface area (Å²) in [6.07, 6.45) is 7.23. The summed E-state index contributed by atoms with van der Waals surface area (Å²) in [5, 5.41) is 1.06. The molecule has 0 amide bonds. The minimum Gasteiger partial charge on any atom is -0.296 e. The molecular weight excluding hydrogens is 378 g/mol. The van der Waals surface area contributed by atoms with E-state index in [2.05, 4.69) is 53.0 Å². The number of rotatable bonds is 5. The Morgan fingerprint density at radius 2 is 2.14 bits per heavy atom. The van der Waals surface area contributed by atoms with Crippen molar-refractivity contribution in [3.63, 3.8) is 0 Å². The minimum absolute atomic E-state index is 0.680. The van der Waals surface area contributed by atoms with Gasteiger partial charge in [0.25, 0.3) is 0 Å². The van der Waals surface area contributed by atoms with E-state index in [0.717, 1.165) is 51.8 Å². The van der Waals surface area contributed by atoms with Crippen molar-refractivity contribution in [2.45, 2.75) is 45.7 Å². The number of hydrogen-bond acceptors (Lipinski definition) is 6. The second-order valence-corrected chi connectivity index (χ2v) is 9.15. The molecule has 0 radical (unpaired) electrons. The van der Waals surface area contributed by atoms with E-state index in [0.29, 0.717) is 6.04 Å². The molecule has 0 saturated carbocycles. The molecule has 0 aliphatic carbocycles. The zero-order valence-electron chi connectivity index (χ0n) is 16.9. The fraction of sp³-hybridized carbons (Fsp3) is 0.391. The molecule has 1 saturated heterocycles. The normalized spacial score (nSPS) is 19.7. The van der Waals surface area contributed by atoms with Crippen molar-refractivity contribution in [1.82, 2.24) is 19.9 Å². The lowest BCUT2D eigenvalue weighted by atomic mass is 10.1. The molecule has 5 heterocycles. The molecule has 0 N–H and O–H groups in total. The molecule has 5 rings (SSSR count). The Balaban J connectivity index is 1.36. The Labute approximate surface area is 175 Å². The molecule has 148 valence electrons. The molecule has 2 aliphatic rings. The average Bonchev–Trinajstić information content (AvgIpc) is 3.42. The molecule has 0 spiro atoms. The van der Waals surface area contributed by atoms with Crippen LogP contribution in [0.4, 0.5) is 0 Å². The third kappa shape index (κ3) is 3.87. The molecule has 3 aromatic rings. The van der Waals surface area contributed by atoms with E-state index < -0.39 is 0 Å². The Hall–Kier alpha value is -2.44. The fourth-order valence-corrected chi connectivity index (χ4v) is 5.13. The van der Waals surface area contributed by atoms with Gasteiger partial charge in [-0.25, -0.2) is 9.97 Å². The van der Waals surface area contributed by atoms with Crippen molar-refractivity contribution in [3.8, 4) is 0 Å². The molecule has 29 heavy (non-hydrogen) atoms. The number of likely N-dealkylation sites (tertiary alicyclic amines) is 1. The van der Waals surface area contributed by atoms with Crippen LogP contribution in [0, 0.1) is 0 Å². The maximum Gasteiger partial charge on any atom is 0.144 e. The Kier molecular flexibility index (Phi) is 4.97. The summed E-state index contributed by atoms with van der Waals surface area (Å²) in [4.78, 5) is 22.1. The van der Waals surface area contributed by atoms with Gasteiger partial charge in [0.15, 0.2) is 0 Å². The van der Waals surface area contributed by atoms with Gasteiger partial charge in [-0.05, 0) is 68.6 Å². The second kappa shape index (κ2) is 7.76. The molecule has 0 bridgehead atoms. The van der Waals surface area contributed by atoms with Crippen LogP contribution >= 0.6 is 11.3 Å². The smallest absolute Gasteiger partial charge is 0.144 e. The van der Waals surface area contributed by atoms with Crippen molar-refractivity contribution in [2.24, 2.45) is 4.99 Å². The average molecular weight is 404 g/mol. The molecular formula is C23H25N5S. The van der Waals surface area contributed by atoms with E-state index in [1.54, 1.807) is 11.3 Å². The first kappa shape index (κ1) is 18.6. The van der Waals surface area contributed by atoms with Crippen LogP contribution in [-0.2, 0) is 13.0 Å². The number of thiazole rings is 1. The molecule has 1 atom stereocenters. The highest BCUT2D eigenvalue weighted by Gasteiger charge is 2.20. The van der Waals surface area contributed by atoms with Gasteiger partial charge in [0, 0.05) is 42.7 Å². The highest BCUT2D eigenvalue weighted by atomic mass is 32.1. The summed E-state index contributed by atoms with van der Waals surface area (Å²) in [6, 6.07) is 9.18. The number of nitrogens with zero attached hydrogens (tertiary/aromatic N) is 5. The summed E-state index contributed by atoms with van der Waals surface area (Å²) in [6.45, 7) is 7.43. The van der Waals surface area contributed by atoms with Crippen molar-refractivity contribution in [2.75, 3.05) is 13.1 Å². The number of aromatic nitrogens is 3. The van der Waals surface area contributed by atoms with Crippen molar-refractivity contribution >= 4 is 33.5 Å². The molecule has 0 aromatic carbocycles. The van der Waals surface area contributed by atoms with Gasteiger partial charge in [-0.1, -0.05) is 11.3 Å². The highest BCUT2D eigenvalue weighted by Crippen LogP contribution is 2.27. The van der Waals surface area contributed by atoms with Gasteiger partial charge in [0.05, 0.1) is 12.2 Å². The molecule has 3 aromatic heterocycles. The summed E-state index contributed by atoms with van der Waals surface area (Å²) < 4.78 is 0. The van der Waals surface area contributed by atoms with Crippen molar-refractivity contribution in [1.29, 1.82) is 0 Å². The SMILES string of the molecule is CC1=C(c2ccc3nc(Cc4cc(CN5CCCC5C)ccn4)sc3n2)C=NC1. The lowest BCUT2D eigenvalue weighted by Crippen LogP contribution is -2.26. The van der Waals surface area contributed by atoms with E-state index in [4.69, 9.17) is 9.97 Å². The molecule has 1 unspecified atom stereocenters. The van der Waals surface area contributed by atoms with Gasteiger partial charge >= 0.3 is 0 Å². The number of pyridine rings is 2. The number of allylic oxidation sites excluding steroid dienone is 1. The van der Waals surface area contributed by atoms with Crippen LogP contribution in [0.5, 0.6) is 0 Å². The lowest BCUT2D eigenvalue weighted by molar-refractivity contribution is 0.260. The predicted octanol–water partition coefficient (Wildman–Crippen LogP) is 4.52. The largest absolute Gasteiger partial charge is 0.296 e. The van der Waals surface area contributed by atoms with Gasteiger partial charge in [-0.2, -0.15) is 0 Å². The summed E-state index contributed by atoms with van der Waals surface area (Å²) >= 11 is 1.67. The number of aliphatic imine (C=N–C) groups is 1. The number of fused-ring (bicyclic) bond motifs is 1. The monoisotopic (exact) mass is 403 g/mol. The van der Waals surface area contributed by atoms with Gasteiger partial charge in [-0.3, -0.25) is 14.9 Å². The topological polar surface area (TPSA) is 54.3 Å². The summed E-state index contributed by atoms with van der Waals surface area (Å²) in [7, 11) is 0. The van der Waals surface area contributed by atoms with Crippen LogP contribution in [0.3, 0.4) is 0 Å². The van der Waals surface area contributed by atoms with E-state index in [-0.39, 0.29) is 0 Å². The van der Waals surface area contributed by atoms with Gasteiger partial charge in [0.1, 0.15) is 15.4 Å². The first-order valence-electron chi connectivity index (χ1n) is 10.3. The van der Waals surface area contributed by atoms with E-state index in [1.165, 1.54) is 30.5 Å². The van der Waals surface area contributed by atoms with E-state index in [1.807, 2.05) is 12.4 Å². The maximum atomic E-state index is 4.84. The van der Waals surface area contributed by atoms with Crippen LogP contribution < -0.4 is 0 Å². The molecule has 5 nitrogen and oxygen atoms in total. The minimum atomic E-state index is 0.680. The molecule has 1 fully saturated rings. The molecule has 2 aliphatic heterocycles. The predicted molar refractivity (Wildman–Crippen MR) is 120 cm³/mol. The lowest BCUT2D eigenvalue weighted by Gasteiger charge is -2.21. The van der Waals surface area contributed by atoms with Crippen molar-refractivity contribution < 1.29 is 0 Å². The van der Waals surface area contributed by atoms with Gasteiger partial charge in [0.2, 0.25) is 0 Å². The first-order chi connectivity index (χ1) is 14.2. The van der Waals surface area contributed by atoms with Crippen LogP contribution in [0.1, 0.15) is 48.6 Å². The highest BCUT2D eigenvalue weighted by molar-refractivity contribution is 7.18. The summed E-state index contributed by atoms with van der Waals surface area (Å²) in [5.74, 6) is 0. The zero-order chi connectivity index (χ0) is 19.8. The van der Waals surface area contributed by atoms with Crippen LogP contribution in [0.2, 0.25) is 0 Å². The quantitative estimate of drug-likeness (QED) is 0.628. The third-order valence-corrected chi connectivity index (χ3v) is 6.84. The van der Waals surface area contributed by atoms with E-state index in [9.17, 15) is 0 Å². The van der Waals surface area contributed by atoms with Crippen molar-refractivity contribution in [3.05, 3.63) is 58.0 Å². The van der Waals surface area contributed by atoms with Crippen LogP contribution in [0.15, 0.2) is 41.0 Å². The van der Waals surface area contributed by atoms with Gasteiger partial charge in [-0.15, -0.1) is 0 Å². The number of hydrogen-bond donors (Lipinski definition) is 0. The van der Waals surface area contributed by atoms with Crippen LogP contribution in [0.25, 0.3) is 15.9 Å². The fourth-order valence-electron chi connectivity index (χ4n) is 4.18. The Morgan fingerprint density at radius 3 is 2.93 bits per heavy atom.